The maximum absolute atomic E-state index is 9.17. The Kier molecular flexibility index (Phi) is 5.09. The molecule has 2 saturated carbocycles. The third-order valence-electron chi connectivity index (χ3n) is 5.10. The van der Waals surface area contributed by atoms with Gasteiger partial charge in [0.2, 0.25) is 0 Å². The minimum Gasteiger partial charge on any atom is -0.396 e. The monoisotopic (exact) mass is 236 g/mol. The van der Waals surface area contributed by atoms with Gasteiger partial charge >= 0.3 is 0 Å². The molecule has 0 heterocycles. The summed E-state index contributed by atoms with van der Waals surface area (Å²) >= 11 is 0. The van der Waals surface area contributed by atoms with Crippen LogP contribution < -0.4 is 0 Å². The van der Waals surface area contributed by atoms with E-state index >= 15 is 0 Å². The van der Waals surface area contributed by atoms with Crippen molar-refractivity contribution in [2.24, 2.45) is 23.7 Å². The van der Waals surface area contributed by atoms with Crippen molar-refractivity contribution in [1.29, 1.82) is 0 Å². The zero-order valence-corrected chi connectivity index (χ0v) is 11.3. The van der Waals surface area contributed by atoms with Crippen molar-refractivity contribution < 1.29 is 5.11 Å². The molecule has 0 amide bonds. The second kappa shape index (κ2) is 6.58. The molecule has 17 heavy (non-hydrogen) atoms. The highest BCUT2D eigenvalue weighted by molar-refractivity contribution is 4.90. The summed E-state index contributed by atoms with van der Waals surface area (Å²) in [5, 5.41) is 9.17. The van der Waals surface area contributed by atoms with Gasteiger partial charge in [0.25, 0.3) is 0 Å². The lowest BCUT2D eigenvalue weighted by Crippen LogP contribution is -2.26. The number of aliphatic hydroxyl groups excluding tert-OH is 1. The van der Waals surface area contributed by atoms with Gasteiger partial charge in [-0.1, -0.05) is 12.2 Å². The summed E-state index contributed by atoms with van der Waals surface area (Å²) in [5.74, 6) is 3.45. The molecule has 2 fully saturated rings. The highest BCUT2D eigenvalue weighted by Crippen LogP contribution is 2.41. The van der Waals surface area contributed by atoms with Crippen LogP contribution in [-0.4, -0.2) is 11.7 Å². The molecule has 98 valence electrons. The van der Waals surface area contributed by atoms with Crippen LogP contribution in [0.25, 0.3) is 0 Å². The predicted octanol–water partition coefficient (Wildman–Crippen LogP) is 4.17. The summed E-state index contributed by atoms with van der Waals surface area (Å²) in [6.45, 7) is 2.56. The van der Waals surface area contributed by atoms with Crippen molar-refractivity contribution in [3.8, 4) is 0 Å². The van der Waals surface area contributed by atoms with Crippen LogP contribution in [0.5, 0.6) is 0 Å². The SMILES string of the molecule is C/C=C/[C@H]1CC[C@H](C2CCC(CO)CC2)CC1. The van der Waals surface area contributed by atoms with Crippen molar-refractivity contribution in [3.05, 3.63) is 12.2 Å². The van der Waals surface area contributed by atoms with E-state index in [0.29, 0.717) is 12.5 Å². The Morgan fingerprint density at radius 1 is 0.882 bits per heavy atom. The number of aliphatic hydroxyl groups is 1. The molecule has 0 saturated heterocycles. The summed E-state index contributed by atoms with van der Waals surface area (Å²) in [6.07, 6.45) is 15.6. The van der Waals surface area contributed by atoms with E-state index in [-0.39, 0.29) is 0 Å². The molecule has 0 aliphatic heterocycles. The number of hydrogen-bond acceptors (Lipinski definition) is 1. The van der Waals surface area contributed by atoms with Crippen molar-refractivity contribution in [2.75, 3.05) is 6.61 Å². The topological polar surface area (TPSA) is 20.2 Å². The van der Waals surface area contributed by atoms with Crippen LogP contribution in [0.1, 0.15) is 58.3 Å². The molecule has 0 radical (unpaired) electrons. The lowest BCUT2D eigenvalue weighted by molar-refractivity contribution is 0.122. The Balaban J connectivity index is 1.74. The summed E-state index contributed by atoms with van der Waals surface area (Å²) in [5.41, 5.74) is 0. The highest BCUT2D eigenvalue weighted by Gasteiger charge is 2.29. The van der Waals surface area contributed by atoms with E-state index in [0.717, 1.165) is 17.8 Å². The van der Waals surface area contributed by atoms with E-state index in [1.54, 1.807) is 0 Å². The second-order valence-electron chi connectivity index (χ2n) is 6.16. The minimum atomic E-state index is 0.417. The first-order chi connectivity index (χ1) is 8.33. The molecule has 0 aromatic heterocycles. The van der Waals surface area contributed by atoms with Crippen molar-refractivity contribution in [1.82, 2.24) is 0 Å². The zero-order chi connectivity index (χ0) is 12.1. The number of rotatable bonds is 3. The van der Waals surface area contributed by atoms with Gasteiger partial charge in [0.1, 0.15) is 0 Å². The first kappa shape index (κ1) is 13.1. The second-order valence-corrected chi connectivity index (χ2v) is 6.16. The Labute approximate surface area is 106 Å². The Hall–Kier alpha value is -0.300. The van der Waals surface area contributed by atoms with Gasteiger partial charge in [-0.15, -0.1) is 0 Å². The van der Waals surface area contributed by atoms with E-state index in [1.165, 1.54) is 51.4 Å². The molecule has 0 spiro atoms. The molecule has 2 aliphatic rings. The van der Waals surface area contributed by atoms with Gasteiger partial charge in [-0.25, -0.2) is 0 Å². The zero-order valence-electron chi connectivity index (χ0n) is 11.3. The largest absolute Gasteiger partial charge is 0.396 e. The van der Waals surface area contributed by atoms with Crippen LogP contribution in [0.2, 0.25) is 0 Å². The molecule has 0 atom stereocenters. The van der Waals surface area contributed by atoms with Crippen molar-refractivity contribution in [3.63, 3.8) is 0 Å². The van der Waals surface area contributed by atoms with Gasteiger partial charge < -0.3 is 5.11 Å². The fourth-order valence-corrected chi connectivity index (χ4v) is 3.92. The molecule has 1 N–H and O–H groups in total. The summed E-state index contributed by atoms with van der Waals surface area (Å²) in [7, 11) is 0. The number of allylic oxidation sites excluding steroid dienone is 2. The quantitative estimate of drug-likeness (QED) is 0.729. The minimum absolute atomic E-state index is 0.417. The molecule has 2 rings (SSSR count). The average Bonchev–Trinajstić information content (AvgIpc) is 2.40. The smallest absolute Gasteiger partial charge is 0.0459 e. The maximum atomic E-state index is 9.17. The van der Waals surface area contributed by atoms with Gasteiger partial charge in [-0.05, 0) is 82.0 Å². The first-order valence-corrected chi connectivity index (χ1v) is 7.57. The standard InChI is InChI=1S/C16H28O/c1-2-3-13-4-8-15(9-5-13)16-10-6-14(12-17)7-11-16/h2-3,13-17H,4-12H2,1H3/b3-2+/t13-,14?,15-,16?. The van der Waals surface area contributed by atoms with Crippen LogP contribution in [0.15, 0.2) is 12.2 Å². The lowest BCUT2D eigenvalue weighted by atomic mass is 9.69. The molecule has 0 bridgehead atoms. The molecule has 2 aliphatic carbocycles. The van der Waals surface area contributed by atoms with E-state index in [2.05, 4.69) is 19.1 Å². The summed E-state index contributed by atoms with van der Waals surface area (Å²) in [6, 6.07) is 0. The molecule has 0 aromatic rings. The molecular weight excluding hydrogens is 208 g/mol. The fourth-order valence-electron chi connectivity index (χ4n) is 3.92. The van der Waals surface area contributed by atoms with Crippen LogP contribution in [0.3, 0.4) is 0 Å². The van der Waals surface area contributed by atoms with Gasteiger partial charge in [0.05, 0.1) is 0 Å². The Morgan fingerprint density at radius 2 is 1.41 bits per heavy atom. The van der Waals surface area contributed by atoms with E-state index in [1.807, 2.05) is 0 Å². The summed E-state index contributed by atoms with van der Waals surface area (Å²) in [4.78, 5) is 0. The van der Waals surface area contributed by atoms with Crippen molar-refractivity contribution in [2.45, 2.75) is 58.3 Å². The predicted molar refractivity (Wildman–Crippen MR) is 72.8 cm³/mol. The number of hydrogen-bond donors (Lipinski definition) is 1. The molecular formula is C16H28O. The molecule has 0 aromatic carbocycles. The molecule has 1 heteroatoms. The fraction of sp³-hybridized carbons (Fsp3) is 0.875. The van der Waals surface area contributed by atoms with Gasteiger partial charge in [0.15, 0.2) is 0 Å². The van der Waals surface area contributed by atoms with Crippen LogP contribution in [0, 0.1) is 23.7 Å². The van der Waals surface area contributed by atoms with Crippen LogP contribution in [0.4, 0.5) is 0 Å². The van der Waals surface area contributed by atoms with E-state index in [9.17, 15) is 5.11 Å². The Bertz CT molecular complexity index is 230. The lowest BCUT2D eigenvalue weighted by Gasteiger charge is -2.37. The van der Waals surface area contributed by atoms with Gasteiger partial charge in [-0.2, -0.15) is 0 Å². The van der Waals surface area contributed by atoms with Gasteiger partial charge in [0, 0.05) is 6.61 Å². The molecule has 1 nitrogen and oxygen atoms in total. The highest BCUT2D eigenvalue weighted by atomic mass is 16.3. The third kappa shape index (κ3) is 3.58. The third-order valence-corrected chi connectivity index (χ3v) is 5.10. The van der Waals surface area contributed by atoms with E-state index in [4.69, 9.17) is 0 Å². The van der Waals surface area contributed by atoms with E-state index < -0.39 is 0 Å². The van der Waals surface area contributed by atoms with Crippen LogP contribution in [-0.2, 0) is 0 Å². The Morgan fingerprint density at radius 3 is 1.88 bits per heavy atom. The van der Waals surface area contributed by atoms with Crippen molar-refractivity contribution >= 4 is 0 Å². The van der Waals surface area contributed by atoms with Gasteiger partial charge in [-0.3, -0.25) is 0 Å². The average molecular weight is 236 g/mol. The first-order valence-electron chi connectivity index (χ1n) is 7.57. The normalized spacial score (nSPS) is 39.6. The van der Waals surface area contributed by atoms with Crippen LogP contribution >= 0.6 is 0 Å². The summed E-state index contributed by atoms with van der Waals surface area (Å²) < 4.78 is 0. The maximum Gasteiger partial charge on any atom is 0.0459 e. The molecule has 0 unspecified atom stereocenters.